The van der Waals surface area contributed by atoms with Crippen molar-refractivity contribution in [3.8, 4) is 21.8 Å². The van der Waals surface area contributed by atoms with E-state index in [1.807, 2.05) is 30.5 Å². The van der Waals surface area contributed by atoms with Gasteiger partial charge in [-0.1, -0.05) is 18.2 Å². The van der Waals surface area contributed by atoms with Gasteiger partial charge in [0.25, 0.3) is 5.91 Å². The molecule has 8 heteroatoms. The van der Waals surface area contributed by atoms with E-state index < -0.39 is 5.60 Å². The molecule has 1 atom stereocenters. The maximum atomic E-state index is 12.5. The smallest absolute Gasteiger partial charge is 0.258 e. The second-order valence-corrected chi connectivity index (χ2v) is 8.55. The molecule has 0 aliphatic carbocycles. The molecule has 0 spiro atoms. The summed E-state index contributed by atoms with van der Waals surface area (Å²) in [5.74, 6) is -0.299. The summed E-state index contributed by atoms with van der Waals surface area (Å²) < 4.78 is 0. The van der Waals surface area contributed by atoms with Crippen LogP contribution in [-0.4, -0.2) is 49.6 Å². The number of benzene rings is 1. The predicted octanol–water partition coefficient (Wildman–Crippen LogP) is 2.90. The third-order valence-corrected chi connectivity index (χ3v) is 6.72. The van der Waals surface area contributed by atoms with Gasteiger partial charge in [0, 0.05) is 48.9 Å². The van der Waals surface area contributed by atoms with E-state index in [0.717, 1.165) is 32.0 Å². The van der Waals surface area contributed by atoms with Crippen LogP contribution in [0.15, 0.2) is 48.8 Å². The van der Waals surface area contributed by atoms with Crippen molar-refractivity contribution in [2.45, 2.75) is 18.6 Å². The Balaban J connectivity index is 1.59. The summed E-state index contributed by atoms with van der Waals surface area (Å²) in [5, 5.41) is 22.7. The van der Waals surface area contributed by atoms with E-state index in [0.29, 0.717) is 24.2 Å². The number of aliphatic hydroxyl groups is 2. The number of hydrogen-bond donors (Lipinski definition) is 3. The highest BCUT2D eigenvalue weighted by molar-refractivity contribution is 7.15. The molecule has 1 aliphatic rings. The zero-order valence-corrected chi connectivity index (χ0v) is 17.1. The number of pyridine rings is 1. The van der Waals surface area contributed by atoms with Gasteiger partial charge in [-0.2, -0.15) is 0 Å². The van der Waals surface area contributed by atoms with E-state index in [1.165, 1.54) is 16.2 Å². The van der Waals surface area contributed by atoms with E-state index in [-0.39, 0.29) is 12.5 Å². The number of carbonyl (C=O) groups excluding carboxylic acids is 1. The van der Waals surface area contributed by atoms with Crippen LogP contribution < -0.4 is 0 Å². The van der Waals surface area contributed by atoms with Crippen molar-refractivity contribution >= 4 is 28.3 Å². The molecular formula is C22H20N4O3S. The third kappa shape index (κ3) is 2.84. The number of likely N-dealkylation sites (N-methyl/N-ethyl adjacent to an activating group) is 1. The number of nitrogens with one attached hydrogen (secondary N) is 1. The van der Waals surface area contributed by atoms with Crippen molar-refractivity contribution in [2.75, 3.05) is 13.6 Å². The van der Waals surface area contributed by atoms with Crippen molar-refractivity contribution in [1.29, 1.82) is 0 Å². The molecule has 1 saturated heterocycles. The first-order chi connectivity index (χ1) is 14.5. The highest BCUT2D eigenvalue weighted by atomic mass is 32.1. The molecule has 4 heterocycles. The fourth-order valence-electron chi connectivity index (χ4n) is 3.98. The molecule has 0 radical (unpaired) electrons. The molecule has 4 aromatic rings. The van der Waals surface area contributed by atoms with Crippen LogP contribution in [0.2, 0.25) is 0 Å². The number of thiazole rings is 1. The molecule has 3 N–H and O–H groups in total. The Labute approximate surface area is 176 Å². The molecule has 1 amide bonds. The summed E-state index contributed by atoms with van der Waals surface area (Å²) in [6, 6.07) is 11.1. The Morgan fingerprint density at radius 2 is 2.17 bits per heavy atom. The third-order valence-electron chi connectivity index (χ3n) is 5.65. The van der Waals surface area contributed by atoms with Crippen LogP contribution in [0, 0.1) is 0 Å². The maximum absolute atomic E-state index is 12.5. The van der Waals surface area contributed by atoms with E-state index in [2.05, 4.69) is 9.97 Å². The highest BCUT2D eigenvalue weighted by Gasteiger charge is 2.45. The lowest BCUT2D eigenvalue weighted by atomic mass is 9.90. The number of aromatic nitrogens is 3. The minimum absolute atomic E-state index is 0.149. The number of H-pyrrole nitrogens is 1. The van der Waals surface area contributed by atoms with E-state index >= 15 is 0 Å². The van der Waals surface area contributed by atoms with Gasteiger partial charge >= 0.3 is 0 Å². The van der Waals surface area contributed by atoms with Crippen LogP contribution in [0.3, 0.4) is 0 Å². The molecule has 5 rings (SSSR count). The molecule has 1 aliphatic heterocycles. The largest absolute Gasteiger partial charge is 0.391 e. The number of fused-ring (bicyclic) bond motifs is 1. The van der Waals surface area contributed by atoms with Gasteiger partial charge in [0.2, 0.25) is 0 Å². The van der Waals surface area contributed by atoms with E-state index in [1.54, 1.807) is 25.4 Å². The molecule has 0 bridgehead atoms. The summed E-state index contributed by atoms with van der Waals surface area (Å²) in [6.45, 7) is 0.362. The van der Waals surface area contributed by atoms with Crippen molar-refractivity contribution in [2.24, 2.45) is 0 Å². The summed E-state index contributed by atoms with van der Waals surface area (Å²) in [6.07, 6.45) is 3.95. The molecule has 7 nitrogen and oxygen atoms in total. The lowest BCUT2D eigenvalue weighted by Gasteiger charge is -2.21. The molecule has 152 valence electrons. The van der Waals surface area contributed by atoms with Crippen molar-refractivity contribution in [1.82, 2.24) is 19.9 Å². The van der Waals surface area contributed by atoms with Crippen LogP contribution in [0.4, 0.5) is 0 Å². The van der Waals surface area contributed by atoms with Crippen LogP contribution >= 0.6 is 11.3 Å². The standard InChI is InChI=1S/C22H20N4O3S/c1-26-9-7-22(29,21(26)28)14-5-2-4-13(10-14)18-17(12-27)30-20(25-18)16-11-24-19-15(16)6-3-8-23-19/h2-6,8,10-11,27,29H,7,9,12H2,1H3,(H,23,24). The number of aromatic amines is 1. The lowest BCUT2D eigenvalue weighted by molar-refractivity contribution is -0.143. The summed E-state index contributed by atoms with van der Waals surface area (Å²) in [4.78, 5) is 27.0. The average molecular weight is 420 g/mol. The van der Waals surface area contributed by atoms with Crippen LogP contribution in [-0.2, 0) is 17.0 Å². The van der Waals surface area contributed by atoms with E-state index in [4.69, 9.17) is 4.98 Å². The highest BCUT2D eigenvalue weighted by Crippen LogP contribution is 2.39. The molecule has 30 heavy (non-hydrogen) atoms. The number of carbonyl (C=O) groups is 1. The average Bonchev–Trinajstić information content (AvgIpc) is 3.46. The Kier molecular flexibility index (Phi) is 4.43. The van der Waals surface area contributed by atoms with Gasteiger partial charge in [0.1, 0.15) is 10.7 Å². The topological polar surface area (TPSA) is 102 Å². The number of likely N-dealkylation sites (tertiary alicyclic amines) is 1. The minimum atomic E-state index is -1.52. The molecule has 0 saturated carbocycles. The van der Waals surface area contributed by atoms with Crippen molar-refractivity contribution < 1.29 is 15.0 Å². The van der Waals surface area contributed by atoms with Gasteiger partial charge in [-0.3, -0.25) is 4.79 Å². The number of hydrogen-bond acceptors (Lipinski definition) is 6. The van der Waals surface area contributed by atoms with Gasteiger partial charge in [-0.15, -0.1) is 11.3 Å². The summed E-state index contributed by atoms with van der Waals surface area (Å²) in [7, 11) is 1.69. The normalized spacial score (nSPS) is 19.2. The minimum Gasteiger partial charge on any atom is -0.391 e. The number of aliphatic hydroxyl groups excluding tert-OH is 1. The van der Waals surface area contributed by atoms with Gasteiger partial charge in [0.05, 0.1) is 17.2 Å². The van der Waals surface area contributed by atoms with Crippen molar-refractivity contribution in [3.63, 3.8) is 0 Å². The van der Waals surface area contributed by atoms with E-state index in [9.17, 15) is 15.0 Å². The first-order valence-electron chi connectivity index (χ1n) is 9.63. The van der Waals surface area contributed by atoms with Gasteiger partial charge in [0.15, 0.2) is 5.60 Å². The van der Waals surface area contributed by atoms with Crippen LogP contribution in [0.1, 0.15) is 16.9 Å². The second kappa shape index (κ2) is 7.02. The monoisotopic (exact) mass is 420 g/mol. The van der Waals surface area contributed by atoms with Gasteiger partial charge < -0.3 is 20.1 Å². The lowest BCUT2D eigenvalue weighted by Crippen LogP contribution is -2.36. The first kappa shape index (κ1) is 18.9. The quantitative estimate of drug-likeness (QED) is 0.471. The summed E-state index contributed by atoms with van der Waals surface area (Å²) >= 11 is 1.42. The number of amides is 1. The Morgan fingerprint density at radius 1 is 1.30 bits per heavy atom. The van der Waals surface area contributed by atoms with Gasteiger partial charge in [-0.25, -0.2) is 9.97 Å². The predicted molar refractivity (Wildman–Crippen MR) is 115 cm³/mol. The zero-order valence-electron chi connectivity index (χ0n) is 16.3. The fraction of sp³-hybridized carbons (Fsp3) is 0.227. The SMILES string of the molecule is CN1CCC(O)(c2cccc(-c3nc(-c4c[nH]c5ncccc45)sc3CO)c2)C1=O. The first-order valence-corrected chi connectivity index (χ1v) is 10.4. The van der Waals surface area contributed by atoms with Gasteiger partial charge in [-0.05, 0) is 23.8 Å². The summed E-state index contributed by atoms with van der Waals surface area (Å²) in [5.41, 5.74) is 2.14. The molecule has 3 aromatic heterocycles. The van der Waals surface area contributed by atoms with Crippen LogP contribution in [0.25, 0.3) is 32.9 Å². The van der Waals surface area contributed by atoms with Crippen LogP contribution in [0.5, 0.6) is 0 Å². The molecule has 1 unspecified atom stereocenters. The number of rotatable bonds is 4. The Hall–Kier alpha value is -3.07. The fourth-order valence-corrected chi connectivity index (χ4v) is 4.95. The maximum Gasteiger partial charge on any atom is 0.258 e. The molecular weight excluding hydrogens is 400 g/mol. The number of nitrogens with zero attached hydrogens (tertiary/aromatic N) is 3. The zero-order chi connectivity index (χ0) is 20.9. The Bertz CT molecular complexity index is 1260. The molecule has 1 aromatic carbocycles. The second-order valence-electron chi connectivity index (χ2n) is 7.47. The van der Waals surface area contributed by atoms with Crippen molar-refractivity contribution in [3.05, 3.63) is 59.2 Å². The molecule has 1 fully saturated rings. The Morgan fingerprint density at radius 3 is 2.93 bits per heavy atom.